The molecular weight excluding hydrogens is 338 g/mol. The summed E-state index contributed by atoms with van der Waals surface area (Å²) in [5.74, 6) is -2.52. The highest BCUT2D eigenvalue weighted by Gasteiger charge is 2.54. The number of nitrogens with zero attached hydrogens (tertiary/aromatic N) is 1. The summed E-state index contributed by atoms with van der Waals surface area (Å²) >= 11 is 0. The van der Waals surface area contributed by atoms with E-state index >= 15 is 0 Å². The van der Waals surface area contributed by atoms with Crippen molar-refractivity contribution in [3.63, 3.8) is 0 Å². The zero-order valence-electron chi connectivity index (χ0n) is 15.0. The van der Waals surface area contributed by atoms with Crippen molar-refractivity contribution >= 4 is 29.3 Å². The fourth-order valence-electron chi connectivity index (χ4n) is 4.29. The van der Waals surface area contributed by atoms with Crippen molar-refractivity contribution in [3.05, 3.63) is 0 Å². The number of amides is 2. The lowest BCUT2D eigenvalue weighted by molar-refractivity contribution is -0.152. The Balaban J connectivity index is 2.26. The third kappa shape index (κ3) is 4.03. The number of nitrogens with one attached hydrogen (secondary N) is 1. The molecule has 0 aromatic heterocycles. The van der Waals surface area contributed by atoms with Crippen LogP contribution in [0.2, 0.25) is 0 Å². The predicted octanol–water partition coefficient (Wildman–Crippen LogP) is -1.03. The molecule has 2 aliphatic rings. The van der Waals surface area contributed by atoms with Crippen LogP contribution in [0.1, 0.15) is 45.4 Å². The standard InChI is InChI=1S/C17H27N5O4/c1-2-9-12(23)7-17(8-13(9)24)6-11(14(18)25)22-15(26)10(17)4-3-5-21-16(19)20/h9-11H,2-8H2,1H3,(H2,18,25)(H,22,26)(H4,19,20,21)/t9?,10-,11?,17?/m0/s1. The lowest BCUT2D eigenvalue weighted by atomic mass is 9.57. The van der Waals surface area contributed by atoms with E-state index in [0.717, 1.165) is 0 Å². The average molecular weight is 365 g/mol. The molecule has 7 N–H and O–H groups in total. The van der Waals surface area contributed by atoms with Gasteiger partial charge in [-0.1, -0.05) is 6.92 Å². The Bertz CT molecular complexity index is 623. The van der Waals surface area contributed by atoms with Crippen LogP contribution in [0, 0.1) is 17.3 Å². The van der Waals surface area contributed by atoms with E-state index < -0.39 is 29.2 Å². The molecule has 1 aliphatic heterocycles. The summed E-state index contributed by atoms with van der Waals surface area (Å²) in [6.45, 7) is 2.14. The van der Waals surface area contributed by atoms with Gasteiger partial charge >= 0.3 is 0 Å². The number of aliphatic imine (C=N–C) groups is 1. The van der Waals surface area contributed by atoms with Gasteiger partial charge in [-0.3, -0.25) is 24.2 Å². The maximum Gasteiger partial charge on any atom is 0.240 e. The number of primary amides is 1. The number of carbonyl (C=O) groups is 4. The van der Waals surface area contributed by atoms with Crippen LogP contribution in [0.4, 0.5) is 0 Å². The largest absolute Gasteiger partial charge is 0.370 e. The van der Waals surface area contributed by atoms with E-state index in [1.807, 2.05) is 0 Å². The van der Waals surface area contributed by atoms with E-state index in [4.69, 9.17) is 17.2 Å². The van der Waals surface area contributed by atoms with Gasteiger partial charge in [0.25, 0.3) is 0 Å². The number of rotatable bonds is 6. The number of ketones is 2. The van der Waals surface area contributed by atoms with Crippen molar-refractivity contribution in [2.75, 3.05) is 6.54 Å². The Kier molecular flexibility index (Phi) is 5.99. The normalized spacial score (nSPS) is 31.6. The second-order valence-corrected chi connectivity index (χ2v) is 7.28. The summed E-state index contributed by atoms with van der Waals surface area (Å²) in [7, 11) is 0. The van der Waals surface area contributed by atoms with E-state index in [0.29, 0.717) is 25.8 Å². The summed E-state index contributed by atoms with van der Waals surface area (Å²) in [6.07, 6.45) is 1.83. The first-order valence-corrected chi connectivity index (χ1v) is 8.90. The van der Waals surface area contributed by atoms with Crippen molar-refractivity contribution < 1.29 is 19.2 Å². The molecule has 9 nitrogen and oxygen atoms in total. The summed E-state index contributed by atoms with van der Waals surface area (Å²) in [5.41, 5.74) is 15.1. The summed E-state index contributed by atoms with van der Waals surface area (Å²) in [5, 5.41) is 2.62. The number of hydrogen-bond acceptors (Lipinski definition) is 5. The molecule has 0 aromatic rings. The number of hydrogen-bond donors (Lipinski definition) is 4. The van der Waals surface area contributed by atoms with Crippen LogP contribution in [0.25, 0.3) is 0 Å². The molecule has 26 heavy (non-hydrogen) atoms. The van der Waals surface area contributed by atoms with Gasteiger partial charge in [0, 0.05) is 25.3 Å². The van der Waals surface area contributed by atoms with E-state index in [-0.39, 0.29) is 42.7 Å². The van der Waals surface area contributed by atoms with Crippen molar-refractivity contribution in [2.24, 2.45) is 39.4 Å². The van der Waals surface area contributed by atoms with Crippen LogP contribution in [0.15, 0.2) is 4.99 Å². The van der Waals surface area contributed by atoms with Gasteiger partial charge in [-0.05, 0) is 31.1 Å². The fraction of sp³-hybridized carbons (Fsp3) is 0.706. The van der Waals surface area contributed by atoms with E-state index in [1.165, 1.54) is 0 Å². The zero-order chi connectivity index (χ0) is 19.5. The molecule has 1 aliphatic carbocycles. The van der Waals surface area contributed by atoms with Crippen molar-refractivity contribution in [1.82, 2.24) is 5.32 Å². The number of carbonyl (C=O) groups excluding carboxylic acids is 4. The van der Waals surface area contributed by atoms with Gasteiger partial charge < -0.3 is 22.5 Å². The minimum absolute atomic E-state index is 0.0320. The molecule has 1 saturated heterocycles. The lowest BCUT2D eigenvalue weighted by Gasteiger charge is -2.48. The van der Waals surface area contributed by atoms with Gasteiger partial charge in [-0.15, -0.1) is 0 Å². The Labute approximate surface area is 152 Å². The molecule has 1 heterocycles. The third-order valence-electron chi connectivity index (χ3n) is 5.51. The second-order valence-electron chi connectivity index (χ2n) is 7.28. The van der Waals surface area contributed by atoms with Crippen LogP contribution in [-0.4, -0.2) is 41.9 Å². The minimum Gasteiger partial charge on any atom is -0.370 e. The zero-order valence-corrected chi connectivity index (χ0v) is 15.0. The molecule has 9 heteroatoms. The minimum atomic E-state index is -0.866. The Morgan fingerprint density at radius 2 is 1.81 bits per heavy atom. The van der Waals surface area contributed by atoms with Crippen LogP contribution >= 0.6 is 0 Å². The van der Waals surface area contributed by atoms with E-state index in [1.54, 1.807) is 6.92 Å². The molecular formula is C17H27N5O4. The molecule has 2 fully saturated rings. The molecule has 1 unspecified atom stereocenters. The number of piperidine rings is 1. The van der Waals surface area contributed by atoms with Crippen molar-refractivity contribution in [3.8, 4) is 0 Å². The third-order valence-corrected chi connectivity index (χ3v) is 5.51. The highest BCUT2D eigenvalue weighted by atomic mass is 16.2. The van der Waals surface area contributed by atoms with Gasteiger partial charge in [0.1, 0.15) is 17.6 Å². The van der Waals surface area contributed by atoms with Crippen LogP contribution in [-0.2, 0) is 19.2 Å². The van der Waals surface area contributed by atoms with Crippen molar-refractivity contribution in [2.45, 2.75) is 51.5 Å². The topological polar surface area (TPSA) is 171 Å². The van der Waals surface area contributed by atoms with Crippen LogP contribution in [0.3, 0.4) is 0 Å². The van der Waals surface area contributed by atoms with Gasteiger partial charge in [0.05, 0.1) is 5.92 Å². The summed E-state index contributed by atoms with van der Waals surface area (Å²) in [4.78, 5) is 53.3. The number of Topliss-reactive ketones (excluding diaryl/α,β-unsaturated/α-hetero) is 2. The maximum absolute atomic E-state index is 12.6. The highest BCUT2D eigenvalue weighted by molar-refractivity contribution is 6.06. The first kappa shape index (κ1) is 19.9. The Morgan fingerprint density at radius 3 is 2.31 bits per heavy atom. The molecule has 0 bridgehead atoms. The van der Waals surface area contributed by atoms with Gasteiger partial charge in [-0.25, -0.2) is 0 Å². The molecule has 2 amide bonds. The summed E-state index contributed by atoms with van der Waals surface area (Å²) < 4.78 is 0. The number of guanidine groups is 1. The average Bonchev–Trinajstić information content (AvgIpc) is 2.52. The van der Waals surface area contributed by atoms with Crippen LogP contribution in [0.5, 0.6) is 0 Å². The van der Waals surface area contributed by atoms with Crippen molar-refractivity contribution in [1.29, 1.82) is 0 Å². The molecule has 1 saturated carbocycles. The SMILES string of the molecule is CCC1C(=O)CC2(CC1=O)CC(C(N)=O)NC(=O)[C@@H]2CCCN=C(N)N. The second kappa shape index (κ2) is 7.84. The molecule has 2 rings (SSSR count). The quantitative estimate of drug-likeness (QED) is 0.203. The Morgan fingerprint density at radius 1 is 1.19 bits per heavy atom. The predicted molar refractivity (Wildman–Crippen MR) is 94.6 cm³/mol. The molecule has 1 spiro atoms. The fourth-order valence-corrected chi connectivity index (χ4v) is 4.29. The molecule has 144 valence electrons. The molecule has 0 aromatic carbocycles. The maximum atomic E-state index is 12.6. The first-order valence-electron chi connectivity index (χ1n) is 8.90. The Hall–Kier alpha value is -2.45. The van der Waals surface area contributed by atoms with E-state index in [9.17, 15) is 19.2 Å². The first-order chi connectivity index (χ1) is 12.2. The number of nitrogens with two attached hydrogens (primary N) is 3. The lowest BCUT2D eigenvalue weighted by Crippen LogP contribution is -2.61. The molecule has 0 radical (unpaired) electrons. The summed E-state index contributed by atoms with van der Waals surface area (Å²) in [6, 6.07) is -0.866. The highest BCUT2D eigenvalue weighted by Crippen LogP contribution is 2.49. The van der Waals surface area contributed by atoms with Gasteiger partial charge in [0.15, 0.2) is 5.96 Å². The van der Waals surface area contributed by atoms with Gasteiger partial charge in [-0.2, -0.15) is 0 Å². The van der Waals surface area contributed by atoms with Crippen LogP contribution < -0.4 is 22.5 Å². The molecule has 2 atom stereocenters. The smallest absolute Gasteiger partial charge is 0.240 e. The monoisotopic (exact) mass is 365 g/mol. The van der Waals surface area contributed by atoms with E-state index in [2.05, 4.69) is 10.3 Å². The van der Waals surface area contributed by atoms with Gasteiger partial charge in [0.2, 0.25) is 11.8 Å².